The summed E-state index contributed by atoms with van der Waals surface area (Å²) in [7, 11) is 0. The molecule has 1 saturated heterocycles. The average Bonchev–Trinajstić information content (AvgIpc) is 3.02. The second kappa shape index (κ2) is 5.84. The van der Waals surface area contributed by atoms with Crippen molar-refractivity contribution in [3.8, 4) is 0 Å². The summed E-state index contributed by atoms with van der Waals surface area (Å²) in [6, 6.07) is 0.836. The fourth-order valence-electron chi connectivity index (χ4n) is 3.17. The third kappa shape index (κ3) is 2.87. The van der Waals surface area contributed by atoms with E-state index in [0.29, 0.717) is 6.54 Å². The molecule has 0 bridgehead atoms. The largest absolute Gasteiger partial charge is 0.338 e. The lowest BCUT2D eigenvalue weighted by atomic mass is 10.2. The minimum absolute atomic E-state index is 0.510. The van der Waals surface area contributed by atoms with Gasteiger partial charge in [0.1, 0.15) is 0 Å². The van der Waals surface area contributed by atoms with E-state index in [1.165, 1.54) is 25.7 Å². The predicted octanol–water partition coefficient (Wildman–Crippen LogP) is 1.000. The third-order valence-corrected chi connectivity index (χ3v) is 4.37. The minimum atomic E-state index is 0.510. The van der Waals surface area contributed by atoms with Crippen molar-refractivity contribution in [2.75, 3.05) is 31.1 Å². The van der Waals surface area contributed by atoms with E-state index < -0.39 is 0 Å². The summed E-state index contributed by atoms with van der Waals surface area (Å²) in [6.45, 7) is 4.88. The lowest BCUT2D eigenvalue weighted by Gasteiger charge is -2.38. The number of piperazine rings is 1. The number of nitrogens with two attached hydrogens (primary N) is 1. The second-order valence-corrected chi connectivity index (χ2v) is 5.56. The van der Waals surface area contributed by atoms with Crippen molar-refractivity contribution < 1.29 is 0 Å². The molecule has 3 rings (SSSR count). The summed E-state index contributed by atoms with van der Waals surface area (Å²) >= 11 is 0. The van der Waals surface area contributed by atoms with Crippen molar-refractivity contribution in [2.45, 2.75) is 38.3 Å². The monoisotopic (exact) mass is 261 g/mol. The van der Waals surface area contributed by atoms with Crippen LogP contribution in [-0.4, -0.2) is 47.1 Å². The molecule has 0 radical (unpaired) electrons. The van der Waals surface area contributed by atoms with Crippen LogP contribution in [0.4, 0.5) is 5.95 Å². The van der Waals surface area contributed by atoms with Crippen molar-refractivity contribution in [1.82, 2.24) is 14.9 Å². The fourth-order valence-corrected chi connectivity index (χ4v) is 3.17. The number of rotatable bonds is 3. The summed E-state index contributed by atoms with van der Waals surface area (Å²) < 4.78 is 0. The molecule has 0 unspecified atom stereocenters. The Kier molecular flexibility index (Phi) is 3.94. The SMILES string of the molecule is NCc1cnc(N2CCN(C3CCCC3)CC2)nc1. The van der Waals surface area contributed by atoms with Crippen molar-refractivity contribution in [3.63, 3.8) is 0 Å². The van der Waals surface area contributed by atoms with Gasteiger partial charge in [0, 0.05) is 56.7 Å². The van der Waals surface area contributed by atoms with Crippen LogP contribution in [0.25, 0.3) is 0 Å². The average molecular weight is 261 g/mol. The van der Waals surface area contributed by atoms with Crippen molar-refractivity contribution in [1.29, 1.82) is 0 Å². The first-order valence-corrected chi connectivity index (χ1v) is 7.37. The maximum Gasteiger partial charge on any atom is 0.225 e. The molecule has 0 spiro atoms. The van der Waals surface area contributed by atoms with Gasteiger partial charge in [0.25, 0.3) is 0 Å². The Labute approximate surface area is 114 Å². The highest BCUT2D eigenvalue weighted by molar-refractivity contribution is 5.30. The van der Waals surface area contributed by atoms with E-state index >= 15 is 0 Å². The molecule has 2 N–H and O–H groups in total. The molecule has 5 nitrogen and oxygen atoms in total. The Morgan fingerprint density at radius 1 is 1.05 bits per heavy atom. The maximum atomic E-state index is 5.57. The van der Waals surface area contributed by atoms with Gasteiger partial charge in [0.2, 0.25) is 5.95 Å². The van der Waals surface area contributed by atoms with E-state index in [-0.39, 0.29) is 0 Å². The first kappa shape index (κ1) is 12.8. The van der Waals surface area contributed by atoms with E-state index in [1.807, 2.05) is 12.4 Å². The number of hydrogen-bond donors (Lipinski definition) is 1. The van der Waals surface area contributed by atoms with Gasteiger partial charge in [-0.1, -0.05) is 12.8 Å². The van der Waals surface area contributed by atoms with E-state index in [9.17, 15) is 0 Å². The molecule has 1 aromatic heterocycles. The molecule has 0 aromatic carbocycles. The van der Waals surface area contributed by atoms with Crippen LogP contribution < -0.4 is 10.6 Å². The Morgan fingerprint density at radius 2 is 1.68 bits per heavy atom. The summed E-state index contributed by atoms with van der Waals surface area (Å²) in [5, 5.41) is 0. The van der Waals surface area contributed by atoms with Crippen LogP contribution in [0.2, 0.25) is 0 Å². The predicted molar refractivity (Wildman–Crippen MR) is 76.0 cm³/mol. The smallest absolute Gasteiger partial charge is 0.225 e. The molecule has 104 valence electrons. The van der Waals surface area contributed by atoms with Gasteiger partial charge in [-0.15, -0.1) is 0 Å². The van der Waals surface area contributed by atoms with Crippen LogP contribution in [0.15, 0.2) is 12.4 Å². The topological polar surface area (TPSA) is 58.3 Å². The highest BCUT2D eigenvalue weighted by Gasteiger charge is 2.26. The summed E-state index contributed by atoms with van der Waals surface area (Å²) in [4.78, 5) is 13.8. The molecular formula is C14H23N5. The van der Waals surface area contributed by atoms with E-state index in [4.69, 9.17) is 5.73 Å². The first-order valence-electron chi connectivity index (χ1n) is 7.37. The summed E-state index contributed by atoms with van der Waals surface area (Å²) in [5.41, 5.74) is 6.56. The van der Waals surface area contributed by atoms with Gasteiger partial charge in [-0.25, -0.2) is 9.97 Å². The molecule has 5 heteroatoms. The Bertz CT molecular complexity index is 391. The van der Waals surface area contributed by atoms with Gasteiger partial charge < -0.3 is 10.6 Å². The molecule has 1 saturated carbocycles. The zero-order chi connectivity index (χ0) is 13.1. The Hall–Kier alpha value is -1.20. The number of hydrogen-bond acceptors (Lipinski definition) is 5. The van der Waals surface area contributed by atoms with Gasteiger partial charge in [0.05, 0.1) is 0 Å². The van der Waals surface area contributed by atoms with Crippen molar-refractivity contribution in [2.24, 2.45) is 5.73 Å². The third-order valence-electron chi connectivity index (χ3n) is 4.37. The van der Waals surface area contributed by atoms with Crippen LogP contribution in [0, 0.1) is 0 Å². The Balaban J connectivity index is 1.56. The molecule has 1 aliphatic heterocycles. The lowest BCUT2D eigenvalue weighted by molar-refractivity contribution is 0.187. The quantitative estimate of drug-likeness (QED) is 0.879. The van der Waals surface area contributed by atoms with E-state index in [0.717, 1.165) is 43.7 Å². The van der Waals surface area contributed by atoms with Crippen molar-refractivity contribution in [3.05, 3.63) is 18.0 Å². The van der Waals surface area contributed by atoms with Crippen LogP contribution >= 0.6 is 0 Å². The molecule has 1 aliphatic carbocycles. The molecule has 2 fully saturated rings. The van der Waals surface area contributed by atoms with Crippen LogP contribution in [0.5, 0.6) is 0 Å². The molecule has 0 atom stereocenters. The molecule has 1 aromatic rings. The van der Waals surface area contributed by atoms with E-state index in [1.54, 1.807) is 0 Å². The molecular weight excluding hydrogens is 238 g/mol. The van der Waals surface area contributed by atoms with Crippen LogP contribution in [0.1, 0.15) is 31.2 Å². The zero-order valence-corrected chi connectivity index (χ0v) is 11.5. The molecule has 2 aliphatic rings. The molecule has 19 heavy (non-hydrogen) atoms. The number of aromatic nitrogens is 2. The van der Waals surface area contributed by atoms with Gasteiger partial charge in [-0.2, -0.15) is 0 Å². The van der Waals surface area contributed by atoms with E-state index in [2.05, 4.69) is 19.8 Å². The van der Waals surface area contributed by atoms with Crippen LogP contribution in [-0.2, 0) is 6.54 Å². The minimum Gasteiger partial charge on any atom is -0.338 e. The molecule has 2 heterocycles. The first-order chi connectivity index (χ1) is 9.36. The van der Waals surface area contributed by atoms with Crippen LogP contribution in [0.3, 0.4) is 0 Å². The molecule has 0 amide bonds. The highest BCUT2D eigenvalue weighted by atomic mass is 15.3. The Morgan fingerprint density at radius 3 is 2.26 bits per heavy atom. The maximum absolute atomic E-state index is 5.57. The fraction of sp³-hybridized carbons (Fsp3) is 0.714. The van der Waals surface area contributed by atoms with Crippen molar-refractivity contribution >= 4 is 5.95 Å². The normalized spacial score (nSPS) is 22.1. The summed E-state index contributed by atoms with van der Waals surface area (Å²) in [6.07, 6.45) is 9.28. The second-order valence-electron chi connectivity index (χ2n) is 5.56. The number of anilines is 1. The number of nitrogens with zero attached hydrogens (tertiary/aromatic N) is 4. The van der Waals surface area contributed by atoms with Gasteiger partial charge in [-0.05, 0) is 12.8 Å². The summed E-state index contributed by atoms with van der Waals surface area (Å²) in [5.74, 6) is 0.850. The lowest BCUT2D eigenvalue weighted by Crippen LogP contribution is -2.50. The van der Waals surface area contributed by atoms with Gasteiger partial charge >= 0.3 is 0 Å². The van der Waals surface area contributed by atoms with Gasteiger partial charge in [-0.3, -0.25) is 4.90 Å². The standard InChI is InChI=1S/C14H23N5/c15-9-12-10-16-14(17-11-12)19-7-5-18(6-8-19)13-3-1-2-4-13/h10-11,13H,1-9,15H2. The zero-order valence-electron chi connectivity index (χ0n) is 11.5. The van der Waals surface area contributed by atoms with Gasteiger partial charge in [0.15, 0.2) is 0 Å². The highest BCUT2D eigenvalue weighted by Crippen LogP contribution is 2.24.